The van der Waals surface area contributed by atoms with Gasteiger partial charge in [0.05, 0.1) is 27.0 Å². The number of ether oxygens (including phenoxy) is 1. The van der Waals surface area contributed by atoms with Crippen molar-refractivity contribution < 1.29 is 50.3 Å². The maximum atomic E-state index is 15.7. The monoisotopic (exact) mass is 768 g/mol. The van der Waals surface area contributed by atoms with Crippen molar-refractivity contribution in [3.63, 3.8) is 0 Å². The number of carbonyl (C=O) groups excluding carboxylic acids is 4. The number of hydrogen-bond donors (Lipinski definition) is 5. The van der Waals surface area contributed by atoms with Gasteiger partial charge in [0.2, 0.25) is 28.7 Å². The minimum absolute atomic E-state index is 0.0230. The molecule has 4 amide bonds. The number of aromatic nitrogens is 1. The molecule has 3 aromatic carbocycles. The molecular weight excluding hydrogens is 739 g/mol. The van der Waals surface area contributed by atoms with Crippen molar-refractivity contribution in [2.24, 2.45) is 5.92 Å². The van der Waals surface area contributed by atoms with E-state index < -0.39 is 81.7 Å². The number of amides is 4. The van der Waals surface area contributed by atoms with Gasteiger partial charge in [-0.1, -0.05) is 55.1 Å². The van der Waals surface area contributed by atoms with E-state index in [2.05, 4.69) is 31.6 Å². The number of anilines is 3. The Hall–Kier alpha value is -4.88. The predicted octanol–water partition coefficient (Wildman–Crippen LogP) is 7.25. The molecule has 1 aromatic heterocycles. The van der Waals surface area contributed by atoms with E-state index in [1.807, 2.05) is 0 Å². The lowest BCUT2D eigenvalue weighted by molar-refractivity contribution is -0.138. The number of alkyl halides is 6. The molecule has 5 rings (SSSR count). The van der Waals surface area contributed by atoms with Gasteiger partial charge in [-0.05, 0) is 29.8 Å². The van der Waals surface area contributed by atoms with E-state index in [1.165, 1.54) is 46.1 Å². The van der Waals surface area contributed by atoms with E-state index in [0.717, 1.165) is 24.3 Å². The summed E-state index contributed by atoms with van der Waals surface area (Å²) in [4.78, 5) is 54.0. The quantitative estimate of drug-likeness (QED) is 0.0884. The average molecular weight is 769 g/mol. The number of para-hydroxylation sites is 1. The Morgan fingerprint density at radius 1 is 0.904 bits per heavy atom. The first-order chi connectivity index (χ1) is 24.2. The number of carbonyl (C=O) groups is 4. The van der Waals surface area contributed by atoms with E-state index >= 15 is 13.2 Å². The van der Waals surface area contributed by atoms with Crippen molar-refractivity contribution in [1.82, 2.24) is 15.6 Å². The van der Waals surface area contributed by atoms with Gasteiger partial charge in [-0.15, -0.1) is 0 Å². The van der Waals surface area contributed by atoms with E-state index in [-0.39, 0.29) is 32.2 Å². The average Bonchev–Trinajstić information content (AvgIpc) is 3.58. The van der Waals surface area contributed by atoms with Crippen LogP contribution < -0.4 is 26.6 Å². The summed E-state index contributed by atoms with van der Waals surface area (Å²) in [5, 5.41) is 10.5. The largest absolute Gasteiger partial charge is 0.419 e. The molecule has 1 unspecified atom stereocenters. The highest BCUT2D eigenvalue weighted by Gasteiger charge is 2.48. The summed E-state index contributed by atoms with van der Waals surface area (Å²) in [5.74, 6) is -3.47. The molecule has 0 radical (unpaired) electrons. The first-order valence-electron chi connectivity index (χ1n) is 15.3. The fourth-order valence-electron chi connectivity index (χ4n) is 5.45. The lowest BCUT2D eigenvalue weighted by atomic mass is 9.87. The van der Waals surface area contributed by atoms with Crippen molar-refractivity contribution in [2.75, 3.05) is 29.7 Å². The van der Waals surface area contributed by atoms with Gasteiger partial charge in [0.15, 0.2) is 5.13 Å². The third-order valence-electron chi connectivity index (χ3n) is 7.47. The SMILES string of the molecule is COCC(=O)NC1(NC(C)=O)Nc2c(cc(-c3ccc(C(F)(F)F)cc3NC(=O)C(C)C)c(-c3cccc4sc(NC(C)=O)nc34)c2C(F)(F)F)S1. The molecule has 19 heteroatoms. The summed E-state index contributed by atoms with van der Waals surface area (Å²) in [7, 11) is 1.21. The van der Waals surface area contributed by atoms with Crippen molar-refractivity contribution in [2.45, 2.75) is 50.1 Å². The number of fused-ring (bicyclic) bond motifs is 2. The molecule has 0 saturated carbocycles. The molecule has 0 fully saturated rings. The van der Waals surface area contributed by atoms with Crippen LogP contribution >= 0.6 is 23.1 Å². The minimum Gasteiger partial charge on any atom is -0.375 e. The Kier molecular flexibility index (Phi) is 10.5. The Labute approximate surface area is 300 Å². The Morgan fingerprint density at radius 3 is 2.21 bits per heavy atom. The number of nitrogens with zero attached hydrogens (tertiary/aromatic N) is 1. The van der Waals surface area contributed by atoms with Crippen molar-refractivity contribution in [3.8, 4) is 22.3 Å². The van der Waals surface area contributed by atoms with E-state index in [1.54, 1.807) is 6.07 Å². The number of thioether (sulfide) groups is 1. The Bertz CT molecular complexity index is 2100. The zero-order chi connectivity index (χ0) is 38.3. The summed E-state index contributed by atoms with van der Waals surface area (Å²) in [6.45, 7) is 4.76. The van der Waals surface area contributed by atoms with Crippen LogP contribution in [0.2, 0.25) is 0 Å². The molecule has 11 nitrogen and oxygen atoms in total. The van der Waals surface area contributed by atoms with Gasteiger partial charge in [0.25, 0.3) is 0 Å². The molecular formula is C33H30F6N6O5S2. The highest BCUT2D eigenvalue weighted by molar-refractivity contribution is 8.01. The molecule has 1 atom stereocenters. The Morgan fingerprint density at radius 2 is 1.62 bits per heavy atom. The highest BCUT2D eigenvalue weighted by Crippen LogP contribution is 2.57. The number of hydrogen-bond acceptors (Lipinski definition) is 9. The molecule has 2 heterocycles. The molecule has 0 saturated heterocycles. The Balaban J connectivity index is 1.91. The van der Waals surface area contributed by atoms with Crippen molar-refractivity contribution in [3.05, 3.63) is 53.6 Å². The summed E-state index contributed by atoms with van der Waals surface area (Å²) >= 11 is 1.58. The first kappa shape index (κ1) is 38.4. The molecule has 5 N–H and O–H groups in total. The van der Waals surface area contributed by atoms with Crippen molar-refractivity contribution in [1.29, 1.82) is 0 Å². The fraction of sp³-hybridized carbons (Fsp3) is 0.303. The molecule has 1 aliphatic rings. The number of thiazole rings is 1. The van der Waals surface area contributed by atoms with Gasteiger partial charge < -0.3 is 31.3 Å². The number of methoxy groups -OCH3 is 1. The first-order valence-corrected chi connectivity index (χ1v) is 16.9. The molecule has 0 bridgehead atoms. The maximum Gasteiger partial charge on any atom is 0.419 e. The van der Waals surface area contributed by atoms with Crippen LogP contribution in [0, 0.1) is 5.92 Å². The number of nitrogens with one attached hydrogen (secondary N) is 5. The van der Waals surface area contributed by atoms with Gasteiger partial charge in [0.1, 0.15) is 6.61 Å². The van der Waals surface area contributed by atoms with Crippen LogP contribution in [-0.4, -0.2) is 47.4 Å². The van der Waals surface area contributed by atoms with Crippen LogP contribution in [0.3, 0.4) is 0 Å². The molecule has 276 valence electrons. The van der Waals surface area contributed by atoms with Gasteiger partial charge in [-0.2, -0.15) is 26.3 Å². The molecule has 1 aliphatic heterocycles. The normalized spacial score (nSPS) is 15.6. The molecule has 52 heavy (non-hydrogen) atoms. The second-order valence-electron chi connectivity index (χ2n) is 11.9. The number of benzene rings is 3. The van der Waals surface area contributed by atoms with E-state index in [4.69, 9.17) is 4.74 Å². The molecule has 0 aliphatic carbocycles. The van der Waals surface area contributed by atoms with Gasteiger partial charge in [0, 0.05) is 54.1 Å². The standard InChI is InChI=1S/C33H30F6N6O5S2/c1-14(2)29(49)41-21-11-17(31(34,35)36)9-10-18(21)20-12-23-28(45-33(52-23,43-16(4)47)44-24(48)13-50-5)26(32(37,38)39)25(20)19-7-6-8-22-27(19)42-30(51-22)40-15(3)46/h6-12,14,45H,13H2,1-5H3,(H,41,49)(H,43,47)(H,44,48)(H,40,42,46). The number of halogens is 6. The summed E-state index contributed by atoms with van der Waals surface area (Å²) < 4.78 is 94.1. The molecule has 0 spiro atoms. The highest BCUT2D eigenvalue weighted by atomic mass is 32.2. The van der Waals surface area contributed by atoms with Crippen LogP contribution in [0.4, 0.5) is 42.8 Å². The lowest BCUT2D eigenvalue weighted by Crippen LogP contribution is -2.62. The second-order valence-corrected chi connectivity index (χ2v) is 14.2. The van der Waals surface area contributed by atoms with Crippen molar-refractivity contribution >= 4 is 73.5 Å². The van der Waals surface area contributed by atoms with Crippen LogP contribution in [0.5, 0.6) is 0 Å². The van der Waals surface area contributed by atoms with E-state index in [9.17, 15) is 32.3 Å². The third kappa shape index (κ3) is 7.95. The lowest BCUT2D eigenvalue weighted by Gasteiger charge is -2.30. The van der Waals surface area contributed by atoms with Crippen LogP contribution in [0.1, 0.15) is 38.8 Å². The molecule has 4 aromatic rings. The zero-order valence-electron chi connectivity index (χ0n) is 27.9. The zero-order valence-corrected chi connectivity index (χ0v) is 29.5. The smallest absolute Gasteiger partial charge is 0.375 e. The van der Waals surface area contributed by atoms with Gasteiger partial charge in [-0.3, -0.25) is 19.2 Å². The van der Waals surface area contributed by atoms with Crippen LogP contribution in [-0.2, 0) is 36.3 Å². The summed E-state index contributed by atoms with van der Waals surface area (Å²) in [6.07, 6.45) is -10.1. The summed E-state index contributed by atoms with van der Waals surface area (Å²) in [6, 6.07) is 7.89. The van der Waals surface area contributed by atoms with Crippen LogP contribution in [0.25, 0.3) is 32.5 Å². The van der Waals surface area contributed by atoms with Gasteiger partial charge in [-0.25, -0.2) is 4.98 Å². The second kappa shape index (κ2) is 14.3. The summed E-state index contributed by atoms with van der Waals surface area (Å²) in [5.41, 5.74) is -4.61. The third-order valence-corrected chi connectivity index (χ3v) is 9.56. The fourth-order valence-corrected chi connectivity index (χ4v) is 7.66. The minimum atomic E-state index is -5.20. The van der Waals surface area contributed by atoms with Crippen LogP contribution in [0.15, 0.2) is 47.4 Å². The predicted molar refractivity (Wildman–Crippen MR) is 184 cm³/mol. The van der Waals surface area contributed by atoms with Gasteiger partial charge >= 0.3 is 12.4 Å². The maximum absolute atomic E-state index is 15.7. The topological polar surface area (TPSA) is 151 Å². The van der Waals surface area contributed by atoms with E-state index in [0.29, 0.717) is 28.6 Å². The number of rotatable bonds is 9.